The van der Waals surface area contributed by atoms with Gasteiger partial charge in [0.15, 0.2) is 0 Å². The quantitative estimate of drug-likeness (QED) is 0.657. The Morgan fingerprint density at radius 1 is 1.30 bits per heavy atom. The molecule has 2 aliphatic carbocycles. The molecule has 5 unspecified atom stereocenters. The summed E-state index contributed by atoms with van der Waals surface area (Å²) in [5.41, 5.74) is 5.49. The average molecular weight is 282 g/mol. The Bertz CT molecular complexity index is 372. The van der Waals surface area contributed by atoms with Crippen LogP contribution in [0.3, 0.4) is 0 Å². The largest absolute Gasteiger partial charge is 0.481 e. The van der Waals surface area contributed by atoms with Gasteiger partial charge >= 0.3 is 5.97 Å². The first kappa shape index (κ1) is 15.3. The third-order valence-corrected chi connectivity index (χ3v) is 5.05. The Morgan fingerprint density at radius 3 is 2.65 bits per heavy atom. The molecule has 5 nitrogen and oxygen atoms in total. The average Bonchev–Trinajstić information content (AvgIpc) is 2.97. The maximum absolute atomic E-state index is 12.0. The van der Waals surface area contributed by atoms with Crippen LogP contribution in [0.25, 0.3) is 0 Å². The van der Waals surface area contributed by atoms with Gasteiger partial charge in [0.25, 0.3) is 0 Å². The Labute approximate surface area is 120 Å². The molecule has 0 radical (unpaired) electrons. The molecule has 2 fully saturated rings. The molecular weight excluding hydrogens is 256 g/mol. The van der Waals surface area contributed by atoms with Crippen LogP contribution < -0.4 is 11.1 Å². The highest BCUT2D eigenvalue weighted by molar-refractivity contribution is 5.78. The van der Waals surface area contributed by atoms with E-state index >= 15 is 0 Å². The molecule has 2 rings (SSSR count). The fourth-order valence-corrected chi connectivity index (χ4v) is 3.92. The van der Waals surface area contributed by atoms with Crippen molar-refractivity contribution in [3.63, 3.8) is 0 Å². The number of rotatable bonds is 7. The second-order valence-corrected chi connectivity index (χ2v) is 6.51. The lowest BCUT2D eigenvalue weighted by Gasteiger charge is -2.29. The van der Waals surface area contributed by atoms with Crippen LogP contribution in [0.4, 0.5) is 0 Å². The first-order chi connectivity index (χ1) is 9.52. The van der Waals surface area contributed by atoms with E-state index in [1.54, 1.807) is 0 Å². The van der Waals surface area contributed by atoms with Gasteiger partial charge in [-0.1, -0.05) is 6.92 Å². The summed E-state index contributed by atoms with van der Waals surface area (Å²) in [4.78, 5) is 23.4. The molecule has 2 aliphatic rings. The minimum absolute atomic E-state index is 0.00216. The number of carboxylic acids is 1. The molecule has 0 aromatic heterocycles. The van der Waals surface area contributed by atoms with E-state index < -0.39 is 5.97 Å². The summed E-state index contributed by atoms with van der Waals surface area (Å²) in [6, 6.07) is -0.149. The number of carbonyl (C=O) groups excluding carboxylic acids is 1. The standard InChI is InChI=1S/C15H26N2O3/c1-9(6-7-16)2-5-12(18)17-14-11-4-3-10(8-11)13(14)15(19)20/h9-11,13-14H,2-8,16H2,1H3,(H,17,18)(H,19,20). The fraction of sp³-hybridized carbons (Fsp3) is 0.867. The molecular formula is C15H26N2O3. The van der Waals surface area contributed by atoms with Crippen molar-refractivity contribution in [2.75, 3.05) is 6.54 Å². The van der Waals surface area contributed by atoms with Crippen LogP contribution in [-0.2, 0) is 9.59 Å². The molecule has 0 spiro atoms. The predicted molar refractivity (Wildman–Crippen MR) is 76.0 cm³/mol. The number of nitrogens with one attached hydrogen (secondary N) is 1. The van der Waals surface area contributed by atoms with Gasteiger partial charge in [0.05, 0.1) is 5.92 Å². The maximum Gasteiger partial charge on any atom is 0.308 e. The summed E-state index contributed by atoms with van der Waals surface area (Å²) in [7, 11) is 0. The Balaban J connectivity index is 1.83. The van der Waals surface area contributed by atoms with E-state index in [4.69, 9.17) is 5.73 Å². The van der Waals surface area contributed by atoms with E-state index in [9.17, 15) is 14.7 Å². The zero-order chi connectivity index (χ0) is 14.7. The molecule has 5 heteroatoms. The number of carbonyl (C=O) groups is 2. The van der Waals surface area contributed by atoms with E-state index in [1.807, 2.05) is 0 Å². The first-order valence-electron chi connectivity index (χ1n) is 7.75. The zero-order valence-electron chi connectivity index (χ0n) is 12.2. The van der Waals surface area contributed by atoms with Gasteiger partial charge in [0, 0.05) is 12.5 Å². The molecule has 4 N–H and O–H groups in total. The molecule has 114 valence electrons. The number of hydrogen-bond acceptors (Lipinski definition) is 3. The first-order valence-corrected chi connectivity index (χ1v) is 7.75. The van der Waals surface area contributed by atoms with E-state index in [-0.39, 0.29) is 23.8 Å². The number of nitrogens with two attached hydrogens (primary N) is 1. The zero-order valence-corrected chi connectivity index (χ0v) is 12.2. The second-order valence-electron chi connectivity index (χ2n) is 6.51. The van der Waals surface area contributed by atoms with Crippen LogP contribution in [-0.4, -0.2) is 29.6 Å². The van der Waals surface area contributed by atoms with Crippen molar-refractivity contribution in [1.29, 1.82) is 0 Å². The number of fused-ring (bicyclic) bond motifs is 2. The smallest absolute Gasteiger partial charge is 0.308 e. The number of aliphatic carboxylic acids is 1. The summed E-state index contributed by atoms with van der Waals surface area (Å²) >= 11 is 0. The molecule has 2 bridgehead atoms. The van der Waals surface area contributed by atoms with Gasteiger partial charge in [0.1, 0.15) is 0 Å². The highest BCUT2D eigenvalue weighted by Gasteiger charge is 2.51. The van der Waals surface area contributed by atoms with Crippen LogP contribution in [0.5, 0.6) is 0 Å². The summed E-state index contributed by atoms with van der Waals surface area (Å²) in [6.45, 7) is 2.74. The van der Waals surface area contributed by atoms with Gasteiger partial charge in [-0.2, -0.15) is 0 Å². The molecule has 0 aromatic rings. The number of amides is 1. The SMILES string of the molecule is CC(CCN)CCC(=O)NC1C2CCC(C2)C1C(=O)O. The fourth-order valence-electron chi connectivity index (χ4n) is 3.92. The third-order valence-electron chi connectivity index (χ3n) is 5.05. The molecule has 2 saturated carbocycles. The minimum Gasteiger partial charge on any atom is -0.481 e. The molecule has 0 aliphatic heterocycles. The Morgan fingerprint density at radius 2 is 2.00 bits per heavy atom. The van der Waals surface area contributed by atoms with E-state index in [2.05, 4.69) is 12.2 Å². The lowest BCUT2D eigenvalue weighted by Crippen LogP contribution is -2.46. The van der Waals surface area contributed by atoms with Crippen LogP contribution in [0.2, 0.25) is 0 Å². The van der Waals surface area contributed by atoms with Crippen LogP contribution in [0, 0.1) is 23.7 Å². The summed E-state index contributed by atoms with van der Waals surface area (Å²) in [5.74, 6) is -0.0534. The van der Waals surface area contributed by atoms with Crippen molar-refractivity contribution in [3.05, 3.63) is 0 Å². The topological polar surface area (TPSA) is 92.4 Å². The molecule has 0 aromatic carbocycles. The molecule has 5 atom stereocenters. The van der Waals surface area contributed by atoms with Crippen molar-refractivity contribution in [3.8, 4) is 0 Å². The minimum atomic E-state index is -0.751. The van der Waals surface area contributed by atoms with Crippen molar-refractivity contribution in [1.82, 2.24) is 5.32 Å². The van der Waals surface area contributed by atoms with Gasteiger partial charge in [-0.15, -0.1) is 0 Å². The van der Waals surface area contributed by atoms with Crippen molar-refractivity contribution >= 4 is 11.9 Å². The summed E-state index contributed by atoms with van der Waals surface area (Å²) in [5, 5.41) is 12.3. The summed E-state index contributed by atoms with van der Waals surface area (Å²) < 4.78 is 0. The van der Waals surface area contributed by atoms with Crippen LogP contribution in [0.1, 0.15) is 45.4 Å². The van der Waals surface area contributed by atoms with Crippen molar-refractivity contribution in [2.45, 2.75) is 51.5 Å². The monoisotopic (exact) mass is 282 g/mol. The van der Waals surface area contributed by atoms with Gasteiger partial charge in [-0.3, -0.25) is 9.59 Å². The molecule has 0 saturated heterocycles. The van der Waals surface area contributed by atoms with Gasteiger partial charge in [0.2, 0.25) is 5.91 Å². The highest BCUT2D eigenvalue weighted by atomic mass is 16.4. The molecule has 0 heterocycles. The highest BCUT2D eigenvalue weighted by Crippen LogP contribution is 2.48. The number of hydrogen-bond donors (Lipinski definition) is 3. The summed E-state index contributed by atoms with van der Waals surface area (Å²) in [6.07, 6.45) is 5.25. The Hall–Kier alpha value is -1.10. The van der Waals surface area contributed by atoms with Crippen molar-refractivity contribution < 1.29 is 14.7 Å². The van der Waals surface area contributed by atoms with E-state index in [1.165, 1.54) is 0 Å². The van der Waals surface area contributed by atoms with Crippen LogP contribution >= 0.6 is 0 Å². The normalized spacial score (nSPS) is 33.1. The van der Waals surface area contributed by atoms with E-state index in [0.29, 0.717) is 24.8 Å². The van der Waals surface area contributed by atoms with Crippen LogP contribution in [0.15, 0.2) is 0 Å². The lowest BCUT2D eigenvalue weighted by molar-refractivity contribution is -0.144. The molecule has 1 amide bonds. The predicted octanol–water partition coefficient (Wildman–Crippen LogP) is 1.37. The Kier molecular flexibility index (Phi) is 5.02. The lowest BCUT2D eigenvalue weighted by atomic mass is 9.84. The molecule has 20 heavy (non-hydrogen) atoms. The van der Waals surface area contributed by atoms with Crippen molar-refractivity contribution in [2.24, 2.45) is 29.4 Å². The maximum atomic E-state index is 12.0. The second kappa shape index (κ2) is 6.57. The number of carboxylic acid groups (broad SMARTS) is 1. The van der Waals surface area contributed by atoms with Gasteiger partial charge in [-0.05, 0) is 56.4 Å². The van der Waals surface area contributed by atoms with Gasteiger partial charge < -0.3 is 16.2 Å². The third kappa shape index (κ3) is 3.32. The van der Waals surface area contributed by atoms with Gasteiger partial charge in [-0.25, -0.2) is 0 Å². The van der Waals surface area contributed by atoms with E-state index in [0.717, 1.165) is 32.1 Å².